The Kier molecular flexibility index (Phi) is 22.7. The molecule has 0 saturated heterocycles. The molecule has 0 aromatic heterocycles. The largest absolute Gasteiger partial charge is 0.480 e. The second-order valence-corrected chi connectivity index (χ2v) is 13.0. The van der Waals surface area contributed by atoms with E-state index in [0.717, 1.165) is 38.6 Å². The van der Waals surface area contributed by atoms with Crippen LogP contribution in [0.3, 0.4) is 0 Å². The van der Waals surface area contributed by atoms with Gasteiger partial charge in [-0.05, 0) is 43.6 Å². The average molecular weight is 644 g/mol. The normalized spacial score (nSPS) is 14.8. The van der Waals surface area contributed by atoms with Gasteiger partial charge in [-0.2, -0.15) is 12.6 Å². The molecule has 0 rings (SSSR count). The van der Waals surface area contributed by atoms with Crippen molar-refractivity contribution >= 4 is 42.2 Å². The van der Waals surface area contributed by atoms with Gasteiger partial charge in [-0.3, -0.25) is 19.2 Å². The van der Waals surface area contributed by atoms with E-state index in [1.54, 1.807) is 20.8 Å². The number of carbonyl (C=O) groups excluding carboxylic acids is 4. The molecule has 12 heteroatoms. The summed E-state index contributed by atoms with van der Waals surface area (Å²) >= 11 is 4.24. The number of nitrogens with one attached hydrogen (secondary N) is 4. The molecule has 0 fully saturated rings. The lowest BCUT2D eigenvalue weighted by atomic mass is 9.95. The minimum atomic E-state index is -1.14. The fourth-order valence-electron chi connectivity index (χ4n) is 4.82. The van der Waals surface area contributed by atoms with E-state index >= 15 is 0 Å². The molecule has 0 radical (unpaired) electrons. The van der Waals surface area contributed by atoms with E-state index in [4.69, 9.17) is 5.73 Å². The first kappa shape index (κ1) is 41.7. The number of carboxylic acids is 1. The molecule has 0 unspecified atom stereocenters. The van der Waals surface area contributed by atoms with Gasteiger partial charge in [-0.15, -0.1) is 0 Å². The highest BCUT2D eigenvalue weighted by Gasteiger charge is 2.34. The first-order valence-corrected chi connectivity index (χ1v) is 17.2. The number of aliphatic carboxylic acids is 1. The maximum absolute atomic E-state index is 13.4. The van der Waals surface area contributed by atoms with Crippen molar-refractivity contribution in [2.24, 2.45) is 23.5 Å². The number of carbonyl (C=O) groups is 5. The standard InChI is InChI=1S/C32H61N5O6S/c1-7-23(6)28(31(41)35-24(32(42)43)19-21(2)3)37-30(40)27(22(4)5)36-29(39)25(20-44)34-26(38)17-15-13-11-9-8-10-12-14-16-18-33/h21-25,27-28,44H,7-20,33H2,1-6H3,(H,34,38)(H,35,41)(H,36,39)(H,37,40)(H,42,43)/t23-,24-,25-,27-,28-/m0/s1. The zero-order chi connectivity index (χ0) is 33.7. The third-order valence-corrected chi connectivity index (χ3v) is 8.17. The number of hydrogen-bond donors (Lipinski definition) is 7. The van der Waals surface area contributed by atoms with Gasteiger partial charge in [0.1, 0.15) is 24.2 Å². The molecular formula is C32H61N5O6S. The average Bonchev–Trinajstić information content (AvgIpc) is 2.96. The molecule has 0 spiro atoms. The van der Waals surface area contributed by atoms with E-state index in [0.29, 0.717) is 12.8 Å². The maximum Gasteiger partial charge on any atom is 0.326 e. The van der Waals surface area contributed by atoms with Gasteiger partial charge in [0, 0.05) is 12.2 Å². The summed E-state index contributed by atoms with van der Waals surface area (Å²) in [5.41, 5.74) is 5.52. The molecule has 44 heavy (non-hydrogen) atoms. The van der Waals surface area contributed by atoms with Crippen molar-refractivity contribution in [3.8, 4) is 0 Å². The molecule has 256 valence electrons. The van der Waals surface area contributed by atoms with Crippen molar-refractivity contribution in [3.63, 3.8) is 0 Å². The molecule has 0 aliphatic carbocycles. The van der Waals surface area contributed by atoms with E-state index in [1.165, 1.54) is 25.7 Å². The first-order chi connectivity index (χ1) is 20.8. The highest BCUT2D eigenvalue weighted by atomic mass is 32.1. The number of rotatable bonds is 25. The Hall–Kier alpha value is -2.34. The Balaban J connectivity index is 5.07. The molecule has 0 bridgehead atoms. The predicted molar refractivity (Wildman–Crippen MR) is 178 cm³/mol. The van der Waals surface area contributed by atoms with E-state index in [-0.39, 0.29) is 35.8 Å². The van der Waals surface area contributed by atoms with Gasteiger partial charge in [-0.25, -0.2) is 4.79 Å². The third kappa shape index (κ3) is 17.8. The van der Waals surface area contributed by atoms with Crippen molar-refractivity contribution < 1.29 is 29.1 Å². The van der Waals surface area contributed by atoms with Crippen molar-refractivity contribution in [1.29, 1.82) is 0 Å². The van der Waals surface area contributed by atoms with Crippen LogP contribution in [0.5, 0.6) is 0 Å². The third-order valence-electron chi connectivity index (χ3n) is 7.80. The van der Waals surface area contributed by atoms with Crippen molar-refractivity contribution in [2.45, 2.75) is 143 Å². The van der Waals surface area contributed by atoms with Gasteiger partial charge in [0.15, 0.2) is 0 Å². The van der Waals surface area contributed by atoms with Crippen LogP contribution in [0.4, 0.5) is 0 Å². The number of thiol groups is 1. The van der Waals surface area contributed by atoms with Gasteiger partial charge in [0.2, 0.25) is 23.6 Å². The molecule has 0 saturated carbocycles. The molecule has 0 aliphatic rings. The minimum Gasteiger partial charge on any atom is -0.480 e. The van der Waals surface area contributed by atoms with Crippen molar-refractivity contribution in [2.75, 3.05) is 12.3 Å². The van der Waals surface area contributed by atoms with Crippen molar-refractivity contribution in [3.05, 3.63) is 0 Å². The molecule has 0 aliphatic heterocycles. The van der Waals surface area contributed by atoms with Crippen LogP contribution in [-0.2, 0) is 24.0 Å². The summed E-state index contributed by atoms with van der Waals surface area (Å²) in [4.78, 5) is 63.8. The van der Waals surface area contributed by atoms with E-state index < -0.39 is 47.9 Å². The molecular weight excluding hydrogens is 582 g/mol. The van der Waals surface area contributed by atoms with E-state index in [1.807, 2.05) is 20.8 Å². The number of amides is 4. The molecule has 7 N–H and O–H groups in total. The highest BCUT2D eigenvalue weighted by molar-refractivity contribution is 7.80. The van der Waals surface area contributed by atoms with Gasteiger partial charge in [0.05, 0.1) is 0 Å². The number of carboxylic acid groups (broad SMARTS) is 1. The van der Waals surface area contributed by atoms with Gasteiger partial charge >= 0.3 is 5.97 Å². The Morgan fingerprint density at radius 3 is 1.64 bits per heavy atom. The fraction of sp³-hybridized carbons (Fsp3) is 0.844. The smallest absolute Gasteiger partial charge is 0.326 e. The SMILES string of the molecule is CC[C@H](C)[C@H](NC(=O)[C@@H](NC(=O)[C@H](CS)NC(=O)CCCCCCCCCCCN)C(C)C)C(=O)N[C@@H](CC(C)C)C(=O)O. The monoisotopic (exact) mass is 643 g/mol. The van der Waals surface area contributed by atoms with E-state index in [2.05, 4.69) is 33.9 Å². The zero-order valence-corrected chi connectivity index (χ0v) is 28.8. The summed E-state index contributed by atoms with van der Waals surface area (Å²) < 4.78 is 0. The van der Waals surface area contributed by atoms with Gasteiger partial charge < -0.3 is 32.1 Å². The van der Waals surface area contributed by atoms with Crippen molar-refractivity contribution in [1.82, 2.24) is 21.3 Å². The highest BCUT2D eigenvalue weighted by Crippen LogP contribution is 2.13. The van der Waals surface area contributed by atoms with Gasteiger partial charge in [-0.1, -0.05) is 92.9 Å². The van der Waals surface area contributed by atoms with Crippen LogP contribution in [0.2, 0.25) is 0 Å². The second-order valence-electron chi connectivity index (χ2n) is 12.7. The van der Waals surface area contributed by atoms with Gasteiger partial charge in [0.25, 0.3) is 0 Å². The summed E-state index contributed by atoms with van der Waals surface area (Å²) in [6.07, 6.45) is 10.9. The quantitative estimate of drug-likeness (QED) is 0.0587. The number of unbranched alkanes of at least 4 members (excludes halogenated alkanes) is 8. The Bertz CT molecular complexity index is 872. The minimum absolute atomic E-state index is 0.0422. The van der Waals surface area contributed by atoms with Crippen LogP contribution in [-0.4, -0.2) is 71.2 Å². The summed E-state index contributed by atoms with van der Waals surface area (Å²) in [5.74, 6) is -3.59. The van der Waals surface area contributed by atoms with Crippen LogP contribution < -0.4 is 27.0 Å². The second kappa shape index (κ2) is 24.0. The number of nitrogens with two attached hydrogens (primary N) is 1. The van der Waals surface area contributed by atoms with Crippen LogP contribution in [0.15, 0.2) is 0 Å². The lowest BCUT2D eigenvalue weighted by Crippen LogP contribution is -2.60. The molecule has 0 aromatic carbocycles. The van der Waals surface area contributed by atoms with Crippen LogP contribution >= 0.6 is 12.6 Å². The zero-order valence-electron chi connectivity index (χ0n) is 28.0. The number of hydrogen-bond acceptors (Lipinski definition) is 7. The fourth-order valence-corrected chi connectivity index (χ4v) is 5.07. The van der Waals surface area contributed by atoms with Crippen LogP contribution in [0.25, 0.3) is 0 Å². The lowest BCUT2D eigenvalue weighted by Gasteiger charge is -2.30. The van der Waals surface area contributed by atoms with E-state index in [9.17, 15) is 29.1 Å². The molecule has 5 atom stereocenters. The summed E-state index contributed by atoms with van der Waals surface area (Å²) in [6.45, 7) is 11.7. The Morgan fingerprint density at radius 1 is 0.682 bits per heavy atom. The predicted octanol–water partition coefficient (Wildman–Crippen LogP) is 3.55. The maximum atomic E-state index is 13.4. The van der Waals surface area contributed by atoms with Crippen LogP contribution in [0, 0.1) is 17.8 Å². The summed E-state index contributed by atoms with van der Waals surface area (Å²) in [7, 11) is 0. The first-order valence-electron chi connectivity index (χ1n) is 16.5. The lowest BCUT2D eigenvalue weighted by molar-refractivity contribution is -0.143. The summed E-state index contributed by atoms with van der Waals surface area (Å²) in [5, 5.41) is 20.3. The summed E-state index contributed by atoms with van der Waals surface area (Å²) in [6, 6.07) is -3.98. The molecule has 0 aromatic rings. The topological polar surface area (TPSA) is 180 Å². The Morgan fingerprint density at radius 2 is 1.18 bits per heavy atom. The molecule has 0 heterocycles. The molecule has 11 nitrogen and oxygen atoms in total. The Labute approximate surface area is 270 Å². The van der Waals surface area contributed by atoms with Crippen LogP contribution in [0.1, 0.15) is 119 Å². The molecule has 4 amide bonds.